The van der Waals surface area contributed by atoms with Crippen LogP contribution >= 0.6 is 11.3 Å². The molecule has 0 saturated carbocycles. The molecular formula is C20H21NO2S. The Morgan fingerprint density at radius 3 is 2.62 bits per heavy atom. The number of rotatable bonds is 4. The topological polar surface area (TPSA) is 49.3 Å². The summed E-state index contributed by atoms with van der Waals surface area (Å²) in [5.41, 5.74) is 1.61. The molecule has 0 radical (unpaired) electrons. The molecule has 1 aromatic heterocycles. The first-order chi connectivity index (χ1) is 11.4. The normalized spacial score (nSPS) is 13.7. The average Bonchev–Trinajstić information content (AvgIpc) is 2.98. The number of hydrogen-bond donors (Lipinski definition) is 2. The highest BCUT2D eigenvalue weighted by molar-refractivity contribution is 7.19. The number of thiophene rings is 1. The van der Waals surface area contributed by atoms with Crippen molar-refractivity contribution in [1.29, 1.82) is 0 Å². The monoisotopic (exact) mass is 339 g/mol. The molecule has 1 unspecified atom stereocenters. The van der Waals surface area contributed by atoms with Crippen LogP contribution in [0.15, 0.2) is 48.5 Å². The van der Waals surface area contributed by atoms with Crippen molar-refractivity contribution in [3.8, 4) is 0 Å². The van der Waals surface area contributed by atoms with Crippen molar-refractivity contribution in [3.63, 3.8) is 0 Å². The molecule has 0 aliphatic heterocycles. The second kappa shape index (κ2) is 6.38. The van der Waals surface area contributed by atoms with Crippen LogP contribution in [0.5, 0.6) is 0 Å². The fourth-order valence-corrected chi connectivity index (χ4v) is 3.86. The number of carbonyl (C=O) groups excluding carboxylic acids is 1. The van der Waals surface area contributed by atoms with E-state index in [-0.39, 0.29) is 12.5 Å². The first-order valence-electron chi connectivity index (χ1n) is 7.94. The lowest BCUT2D eigenvalue weighted by molar-refractivity contribution is 0.0557. The van der Waals surface area contributed by atoms with Gasteiger partial charge in [-0.3, -0.25) is 4.79 Å². The number of carbonyl (C=O) groups is 1. The number of amides is 1. The minimum Gasteiger partial charge on any atom is -0.383 e. The van der Waals surface area contributed by atoms with Crippen molar-refractivity contribution in [1.82, 2.24) is 5.32 Å². The molecule has 0 fully saturated rings. The molecule has 3 aromatic rings. The Balaban J connectivity index is 1.75. The molecular weight excluding hydrogens is 318 g/mol. The van der Waals surface area contributed by atoms with Gasteiger partial charge in [0.15, 0.2) is 0 Å². The maximum atomic E-state index is 12.4. The molecule has 3 nitrogen and oxygen atoms in total. The minimum absolute atomic E-state index is 0.158. The van der Waals surface area contributed by atoms with Crippen molar-refractivity contribution in [2.24, 2.45) is 0 Å². The lowest BCUT2D eigenvalue weighted by Crippen LogP contribution is -2.38. The van der Waals surface area contributed by atoms with E-state index in [2.05, 4.69) is 5.32 Å². The summed E-state index contributed by atoms with van der Waals surface area (Å²) < 4.78 is 1.13. The van der Waals surface area contributed by atoms with Gasteiger partial charge in [0.25, 0.3) is 5.91 Å². The largest absolute Gasteiger partial charge is 0.383 e. The Morgan fingerprint density at radius 1 is 1.17 bits per heavy atom. The van der Waals surface area contributed by atoms with Gasteiger partial charge in [0.1, 0.15) is 5.60 Å². The van der Waals surface area contributed by atoms with Crippen LogP contribution in [0.1, 0.15) is 33.3 Å². The Kier molecular flexibility index (Phi) is 4.43. The van der Waals surface area contributed by atoms with Crippen molar-refractivity contribution in [3.05, 3.63) is 70.1 Å². The van der Waals surface area contributed by atoms with Crippen LogP contribution in [-0.4, -0.2) is 17.6 Å². The van der Waals surface area contributed by atoms with Gasteiger partial charge in [0.2, 0.25) is 0 Å². The SMILES string of the molecule is Cc1ccc(C(=O)NCC(C)(O)c2cc3ccccc3s2)c(C)c1. The Labute approximate surface area is 146 Å². The van der Waals surface area contributed by atoms with Crippen LogP contribution in [0.2, 0.25) is 0 Å². The van der Waals surface area contributed by atoms with E-state index in [1.54, 1.807) is 18.3 Å². The quantitative estimate of drug-likeness (QED) is 0.750. The Bertz CT molecular complexity index is 863. The molecule has 0 aliphatic carbocycles. The van der Waals surface area contributed by atoms with Crippen LogP contribution in [0.25, 0.3) is 10.1 Å². The average molecular weight is 339 g/mol. The van der Waals surface area contributed by atoms with Crippen LogP contribution in [0.3, 0.4) is 0 Å². The molecule has 0 bridgehead atoms. The molecule has 1 heterocycles. The number of benzene rings is 2. The van der Waals surface area contributed by atoms with Crippen LogP contribution in [0, 0.1) is 13.8 Å². The number of hydrogen-bond acceptors (Lipinski definition) is 3. The number of aliphatic hydroxyl groups is 1. The van der Waals surface area contributed by atoms with Crippen LogP contribution in [0.4, 0.5) is 0 Å². The molecule has 3 rings (SSSR count). The van der Waals surface area contributed by atoms with Gasteiger partial charge in [-0.15, -0.1) is 11.3 Å². The maximum Gasteiger partial charge on any atom is 0.251 e. The van der Waals surface area contributed by atoms with Gasteiger partial charge in [-0.05, 0) is 49.9 Å². The highest BCUT2D eigenvalue weighted by Gasteiger charge is 2.26. The Hall–Kier alpha value is -2.17. The van der Waals surface area contributed by atoms with E-state index >= 15 is 0 Å². The molecule has 2 N–H and O–H groups in total. The third-order valence-electron chi connectivity index (χ3n) is 4.18. The predicted octanol–water partition coefficient (Wildman–Crippen LogP) is 4.16. The predicted molar refractivity (Wildman–Crippen MR) is 99.6 cm³/mol. The van der Waals surface area contributed by atoms with E-state index < -0.39 is 5.60 Å². The third-order valence-corrected chi connectivity index (χ3v) is 5.55. The van der Waals surface area contributed by atoms with Crippen molar-refractivity contribution < 1.29 is 9.90 Å². The maximum absolute atomic E-state index is 12.4. The fourth-order valence-electron chi connectivity index (χ4n) is 2.75. The summed E-state index contributed by atoms with van der Waals surface area (Å²) >= 11 is 1.56. The first kappa shape index (κ1) is 16.7. The van der Waals surface area contributed by atoms with E-state index in [0.29, 0.717) is 5.56 Å². The van der Waals surface area contributed by atoms with Gasteiger partial charge in [-0.1, -0.05) is 35.9 Å². The zero-order chi connectivity index (χ0) is 17.3. The number of aryl methyl sites for hydroxylation is 2. The molecule has 1 atom stereocenters. The highest BCUT2D eigenvalue weighted by atomic mass is 32.1. The zero-order valence-electron chi connectivity index (χ0n) is 14.1. The van der Waals surface area contributed by atoms with Gasteiger partial charge < -0.3 is 10.4 Å². The molecule has 1 amide bonds. The highest BCUT2D eigenvalue weighted by Crippen LogP contribution is 2.32. The molecule has 0 saturated heterocycles. The summed E-state index contributed by atoms with van der Waals surface area (Å²) in [6.07, 6.45) is 0. The first-order valence-corrected chi connectivity index (χ1v) is 8.75. The summed E-state index contributed by atoms with van der Waals surface area (Å²) in [4.78, 5) is 13.3. The van der Waals surface area contributed by atoms with Crippen LogP contribution < -0.4 is 5.32 Å². The summed E-state index contributed by atoms with van der Waals surface area (Å²) in [5, 5.41) is 14.8. The smallest absolute Gasteiger partial charge is 0.251 e. The van der Waals surface area contributed by atoms with E-state index in [1.807, 2.05) is 62.4 Å². The summed E-state index contributed by atoms with van der Waals surface area (Å²) in [6.45, 7) is 5.83. The molecule has 0 spiro atoms. The third kappa shape index (κ3) is 3.35. The summed E-state index contributed by atoms with van der Waals surface area (Å²) in [5.74, 6) is -0.158. The van der Waals surface area contributed by atoms with Gasteiger partial charge in [0.05, 0.1) is 6.54 Å². The second-order valence-corrected chi connectivity index (χ2v) is 7.51. The Morgan fingerprint density at radius 2 is 1.92 bits per heavy atom. The lowest BCUT2D eigenvalue weighted by atomic mass is 10.0. The zero-order valence-corrected chi connectivity index (χ0v) is 14.9. The van der Waals surface area contributed by atoms with Crippen molar-refractivity contribution in [2.45, 2.75) is 26.4 Å². The molecule has 4 heteroatoms. The summed E-state index contributed by atoms with van der Waals surface area (Å²) in [6, 6.07) is 15.8. The van der Waals surface area contributed by atoms with Crippen molar-refractivity contribution in [2.75, 3.05) is 6.54 Å². The van der Waals surface area contributed by atoms with Crippen LogP contribution in [-0.2, 0) is 5.60 Å². The van der Waals surface area contributed by atoms with Gasteiger partial charge in [0, 0.05) is 15.1 Å². The standard InChI is InChI=1S/C20H21NO2S/c1-13-8-9-16(14(2)10-13)19(22)21-12-20(3,23)18-11-15-6-4-5-7-17(15)24-18/h4-11,23H,12H2,1-3H3,(H,21,22). The van der Waals surface area contributed by atoms with E-state index in [9.17, 15) is 9.90 Å². The second-order valence-electron chi connectivity index (χ2n) is 6.42. The molecule has 24 heavy (non-hydrogen) atoms. The fraction of sp³-hybridized carbons (Fsp3) is 0.250. The molecule has 0 aliphatic rings. The van der Waals surface area contributed by atoms with Gasteiger partial charge >= 0.3 is 0 Å². The van der Waals surface area contributed by atoms with E-state index in [0.717, 1.165) is 26.1 Å². The van der Waals surface area contributed by atoms with Gasteiger partial charge in [-0.2, -0.15) is 0 Å². The molecule has 124 valence electrons. The minimum atomic E-state index is -1.10. The molecule has 2 aromatic carbocycles. The number of nitrogens with one attached hydrogen (secondary N) is 1. The van der Waals surface area contributed by atoms with E-state index in [4.69, 9.17) is 0 Å². The van der Waals surface area contributed by atoms with Gasteiger partial charge in [-0.25, -0.2) is 0 Å². The van der Waals surface area contributed by atoms with E-state index in [1.165, 1.54) is 0 Å². The lowest BCUT2D eigenvalue weighted by Gasteiger charge is -2.22. The summed E-state index contributed by atoms with van der Waals surface area (Å²) in [7, 11) is 0. The van der Waals surface area contributed by atoms with Crippen molar-refractivity contribution >= 4 is 27.3 Å². The number of fused-ring (bicyclic) bond motifs is 1.